The smallest absolute Gasteiger partial charge is 0.123 e. The summed E-state index contributed by atoms with van der Waals surface area (Å²) in [7, 11) is -1.25. The number of likely N-dealkylation sites (tertiary alicyclic amines) is 1. The molecule has 108 valence electrons. The molecule has 1 aromatic rings. The van der Waals surface area contributed by atoms with Gasteiger partial charge >= 0.3 is 0 Å². The maximum absolute atomic E-state index is 12.9. The van der Waals surface area contributed by atoms with Crippen LogP contribution in [0.1, 0.15) is 24.8 Å². The minimum atomic E-state index is -1.25. The minimum absolute atomic E-state index is 0. The van der Waals surface area contributed by atoms with Gasteiger partial charge in [0.05, 0.1) is 8.07 Å². The summed E-state index contributed by atoms with van der Waals surface area (Å²) < 4.78 is 12.9. The van der Waals surface area contributed by atoms with E-state index in [1.807, 2.05) is 12.1 Å². The van der Waals surface area contributed by atoms with Crippen molar-refractivity contribution in [3.8, 4) is 0 Å². The molecular weight excluding hydrogens is 277 g/mol. The van der Waals surface area contributed by atoms with Gasteiger partial charge in [-0.15, -0.1) is 12.4 Å². The van der Waals surface area contributed by atoms with Gasteiger partial charge in [-0.3, -0.25) is 0 Å². The molecule has 0 atom stereocenters. The lowest BCUT2D eigenvalue weighted by atomic mass is 10.1. The molecule has 4 heteroatoms. The van der Waals surface area contributed by atoms with E-state index in [2.05, 4.69) is 18.0 Å². The summed E-state index contributed by atoms with van der Waals surface area (Å²) in [5.41, 5.74) is 1.30. The number of benzene rings is 1. The number of rotatable bonds is 4. The normalized spacial score (nSPS) is 17.0. The fourth-order valence-electron chi connectivity index (χ4n) is 2.93. The van der Waals surface area contributed by atoms with E-state index in [1.165, 1.54) is 44.1 Å². The molecule has 1 fully saturated rings. The lowest BCUT2D eigenvalue weighted by Crippen LogP contribution is -2.46. The minimum Gasteiger partial charge on any atom is -0.306 e. The molecule has 1 aliphatic rings. The van der Waals surface area contributed by atoms with Gasteiger partial charge in [0.25, 0.3) is 0 Å². The third-order valence-electron chi connectivity index (χ3n) is 3.70. The molecule has 1 aliphatic heterocycles. The molecule has 0 amide bonds. The molecule has 2 rings (SSSR count). The highest BCUT2D eigenvalue weighted by molar-refractivity contribution is 6.77. The van der Waals surface area contributed by atoms with Crippen molar-refractivity contribution in [3.63, 3.8) is 0 Å². The van der Waals surface area contributed by atoms with Crippen LogP contribution in [0.25, 0.3) is 0 Å². The van der Waals surface area contributed by atoms with Crippen molar-refractivity contribution in [3.05, 3.63) is 35.6 Å². The lowest BCUT2D eigenvalue weighted by molar-refractivity contribution is 0.258. The number of piperidine rings is 1. The molecule has 19 heavy (non-hydrogen) atoms. The first-order valence-corrected chi connectivity index (χ1v) is 10.4. The second-order valence-corrected chi connectivity index (χ2v) is 11.3. The van der Waals surface area contributed by atoms with Gasteiger partial charge in [-0.25, -0.2) is 4.39 Å². The van der Waals surface area contributed by atoms with Gasteiger partial charge in [0, 0.05) is 0 Å². The van der Waals surface area contributed by atoms with Crippen LogP contribution in [0.3, 0.4) is 0 Å². The molecule has 0 radical (unpaired) electrons. The van der Waals surface area contributed by atoms with E-state index in [9.17, 15) is 4.39 Å². The quantitative estimate of drug-likeness (QED) is 0.758. The Hall–Kier alpha value is -0.383. The standard InChI is InChI=1S/C15H24FNSi.ClH/c1-18(2,13-17-10-4-3-5-11-17)12-14-6-8-15(16)9-7-14;/h6-9H,3-5,10-13H2,1-2H3;1H. The van der Waals surface area contributed by atoms with Crippen LogP contribution in [0.4, 0.5) is 4.39 Å². The summed E-state index contributed by atoms with van der Waals surface area (Å²) in [5, 5.41) is 0. The van der Waals surface area contributed by atoms with Gasteiger partial charge in [0.15, 0.2) is 0 Å². The highest BCUT2D eigenvalue weighted by atomic mass is 35.5. The van der Waals surface area contributed by atoms with Crippen LogP contribution < -0.4 is 0 Å². The number of halogens is 2. The largest absolute Gasteiger partial charge is 0.306 e. The Labute approximate surface area is 123 Å². The average molecular weight is 302 g/mol. The van der Waals surface area contributed by atoms with Crippen molar-refractivity contribution in [2.24, 2.45) is 0 Å². The Bertz CT molecular complexity index is 374. The van der Waals surface area contributed by atoms with Crippen molar-refractivity contribution in [1.29, 1.82) is 0 Å². The molecule has 0 aliphatic carbocycles. The Kier molecular flexibility index (Phi) is 6.50. The average Bonchev–Trinajstić information content (AvgIpc) is 2.32. The number of nitrogens with zero attached hydrogens (tertiary/aromatic N) is 1. The number of hydrogen-bond donors (Lipinski definition) is 0. The van der Waals surface area contributed by atoms with E-state index in [0.29, 0.717) is 0 Å². The Balaban J connectivity index is 0.00000180. The van der Waals surface area contributed by atoms with Gasteiger partial charge in [-0.2, -0.15) is 0 Å². The van der Waals surface area contributed by atoms with E-state index in [1.54, 1.807) is 12.1 Å². The molecule has 0 saturated carbocycles. The highest BCUT2D eigenvalue weighted by Crippen LogP contribution is 2.17. The zero-order valence-corrected chi connectivity index (χ0v) is 13.8. The molecule has 0 spiro atoms. The van der Waals surface area contributed by atoms with Crippen molar-refractivity contribution in [2.75, 3.05) is 19.3 Å². The summed E-state index contributed by atoms with van der Waals surface area (Å²) in [5.74, 6) is -0.130. The Morgan fingerprint density at radius 2 is 1.63 bits per heavy atom. The molecule has 0 aromatic heterocycles. The maximum atomic E-state index is 12.9. The summed E-state index contributed by atoms with van der Waals surface area (Å²) in [4.78, 5) is 2.64. The lowest BCUT2D eigenvalue weighted by Gasteiger charge is -2.33. The van der Waals surface area contributed by atoms with E-state index in [4.69, 9.17) is 0 Å². The van der Waals surface area contributed by atoms with Crippen LogP contribution in [0.5, 0.6) is 0 Å². The van der Waals surface area contributed by atoms with Crippen molar-refractivity contribution >= 4 is 20.5 Å². The molecule has 1 saturated heterocycles. The van der Waals surface area contributed by atoms with Gasteiger partial charge < -0.3 is 4.90 Å². The van der Waals surface area contributed by atoms with Gasteiger partial charge in [0.1, 0.15) is 5.82 Å². The molecule has 0 bridgehead atoms. The van der Waals surface area contributed by atoms with Gasteiger partial charge in [-0.05, 0) is 50.3 Å². The monoisotopic (exact) mass is 301 g/mol. The predicted molar refractivity (Wildman–Crippen MR) is 85.1 cm³/mol. The van der Waals surface area contributed by atoms with Crippen LogP contribution in [0.15, 0.2) is 24.3 Å². The summed E-state index contributed by atoms with van der Waals surface area (Å²) >= 11 is 0. The predicted octanol–water partition coefficient (Wildman–Crippen LogP) is 4.06. The van der Waals surface area contributed by atoms with E-state index in [-0.39, 0.29) is 18.2 Å². The van der Waals surface area contributed by atoms with Crippen LogP contribution in [0.2, 0.25) is 13.1 Å². The van der Waals surface area contributed by atoms with Crippen molar-refractivity contribution in [1.82, 2.24) is 4.90 Å². The second kappa shape index (κ2) is 7.41. The van der Waals surface area contributed by atoms with Crippen LogP contribution >= 0.6 is 12.4 Å². The van der Waals surface area contributed by atoms with Crippen LogP contribution in [0, 0.1) is 5.82 Å². The molecule has 1 nitrogen and oxygen atoms in total. The first kappa shape index (κ1) is 16.7. The van der Waals surface area contributed by atoms with Crippen LogP contribution in [-0.2, 0) is 6.04 Å². The topological polar surface area (TPSA) is 3.24 Å². The zero-order valence-electron chi connectivity index (χ0n) is 12.0. The first-order valence-electron chi connectivity index (χ1n) is 7.02. The van der Waals surface area contributed by atoms with Gasteiger partial charge in [-0.1, -0.05) is 37.2 Å². The SMILES string of the molecule is C[Si](C)(Cc1ccc(F)cc1)CN1CCCCC1.Cl. The Morgan fingerprint density at radius 1 is 1.05 bits per heavy atom. The highest BCUT2D eigenvalue weighted by Gasteiger charge is 2.25. The first-order chi connectivity index (χ1) is 8.55. The van der Waals surface area contributed by atoms with Crippen molar-refractivity contribution < 1.29 is 4.39 Å². The summed E-state index contributed by atoms with van der Waals surface area (Å²) in [6.07, 6.45) is 5.41. The van der Waals surface area contributed by atoms with E-state index in [0.717, 1.165) is 6.04 Å². The molecule has 0 unspecified atom stereocenters. The van der Waals surface area contributed by atoms with E-state index >= 15 is 0 Å². The second-order valence-electron chi connectivity index (χ2n) is 6.30. The number of hydrogen-bond acceptors (Lipinski definition) is 1. The fraction of sp³-hybridized carbons (Fsp3) is 0.600. The third kappa shape index (κ3) is 5.63. The van der Waals surface area contributed by atoms with Crippen molar-refractivity contribution in [2.45, 2.75) is 38.4 Å². The van der Waals surface area contributed by atoms with Crippen LogP contribution in [-0.4, -0.2) is 32.2 Å². The maximum Gasteiger partial charge on any atom is 0.123 e. The molecule has 1 heterocycles. The molecule has 0 N–H and O–H groups in total. The van der Waals surface area contributed by atoms with E-state index < -0.39 is 8.07 Å². The molecule has 1 aromatic carbocycles. The fourth-order valence-corrected chi connectivity index (χ4v) is 5.91. The Morgan fingerprint density at radius 3 is 2.21 bits per heavy atom. The van der Waals surface area contributed by atoms with Gasteiger partial charge in [0.2, 0.25) is 0 Å². The summed E-state index contributed by atoms with van der Waals surface area (Å²) in [6, 6.07) is 8.21. The molecular formula is C15H25ClFNSi. The third-order valence-corrected chi connectivity index (χ3v) is 6.36. The summed E-state index contributed by atoms with van der Waals surface area (Å²) in [6.45, 7) is 7.45. The zero-order chi connectivity index (χ0) is 13.0.